The molecule has 9 nitrogen and oxygen atoms in total. The Hall–Kier alpha value is -3.37. The second kappa shape index (κ2) is 8.64. The van der Waals surface area contributed by atoms with Gasteiger partial charge in [0.2, 0.25) is 0 Å². The van der Waals surface area contributed by atoms with Crippen molar-refractivity contribution < 1.29 is 14.9 Å². The first kappa shape index (κ1) is 20.5. The van der Waals surface area contributed by atoms with Gasteiger partial charge in [0.1, 0.15) is 24.6 Å². The van der Waals surface area contributed by atoms with Gasteiger partial charge in [-0.05, 0) is 16.7 Å². The number of aromatic nitrogens is 4. The molecule has 1 fully saturated rings. The second-order valence-electron chi connectivity index (χ2n) is 7.74. The highest BCUT2D eigenvalue weighted by Gasteiger charge is 2.43. The van der Waals surface area contributed by atoms with Crippen LogP contribution in [0, 0.1) is 0 Å². The van der Waals surface area contributed by atoms with Crippen molar-refractivity contribution in [3.63, 3.8) is 0 Å². The summed E-state index contributed by atoms with van der Waals surface area (Å²) < 4.78 is 7.32. The maximum absolute atomic E-state index is 10.4. The zero-order chi connectivity index (χ0) is 22.1. The molecule has 5 N–H and O–H groups in total. The lowest BCUT2D eigenvalue weighted by Crippen LogP contribution is -2.35. The van der Waals surface area contributed by atoms with Gasteiger partial charge in [-0.1, -0.05) is 54.6 Å². The number of benzene rings is 2. The Morgan fingerprint density at radius 2 is 1.69 bits per heavy atom. The van der Waals surface area contributed by atoms with Crippen molar-refractivity contribution >= 4 is 17.0 Å². The fraction of sp³-hybridized carbons (Fsp3) is 0.261. The molecule has 0 bridgehead atoms. The number of anilines is 1. The van der Waals surface area contributed by atoms with Gasteiger partial charge in [0.15, 0.2) is 23.2 Å². The molecule has 0 amide bonds. The number of hydrogen-bond donors (Lipinski definition) is 4. The zero-order valence-corrected chi connectivity index (χ0v) is 17.2. The normalized spacial score (nSPS) is 23.0. The maximum Gasteiger partial charge on any atom is 0.167 e. The summed E-state index contributed by atoms with van der Waals surface area (Å²) in [7, 11) is 0. The van der Waals surface area contributed by atoms with Crippen LogP contribution in [0.2, 0.25) is 0 Å². The van der Waals surface area contributed by atoms with Gasteiger partial charge in [0, 0.05) is 13.1 Å². The lowest BCUT2D eigenvalue weighted by atomic mass is 10.0. The van der Waals surface area contributed by atoms with E-state index >= 15 is 0 Å². The van der Waals surface area contributed by atoms with E-state index in [9.17, 15) is 10.2 Å². The molecule has 0 unspecified atom stereocenters. The Morgan fingerprint density at radius 1 is 0.938 bits per heavy atom. The Bertz CT molecular complexity index is 1200. The molecule has 3 heterocycles. The van der Waals surface area contributed by atoms with E-state index in [0.29, 0.717) is 23.5 Å². The predicted molar refractivity (Wildman–Crippen MR) is 120 cm³/mol. The Balaban J connectivity index is 1.34. The van der Waals surface area contributed by atoms with Gasteiger partial charge in [-0.3, -0.25) is 4.57 Å². The molecular weight excluding hydrogens is 408 g/mol. The minimum atomic E-state index is -1.13. The quantitative estimate of drug-likeness (QED) is 0.362. The third-order valence-electron chi connectivity index (χ3n) is 5.72. The molecule has 4 atom stereocenters. The van der Waals surface area contributed by atoms with E-state index in [1.54, 1.807) is 4.57 Å². The first-order chi connectivity index (χ1) is 15.7. The van der Waals surface area contributed by atoms with Gasteiger partial charge >= 0.3 is 0 Å². The highest BCUT2D eigenvalue weighted by molar-refractivity contribution is 5.82. The maximum atomic E-state index is 10.4. The molecule has 32 heavy (non-hydrogen) atoms. The molecule has 2 aromatic heterocycles. The zero-order valence-electron chi connectivity index (χ0n) is 17.2. The minimum absolute atomic E-state index is 0.103. The van der Waals surface area contributed by atoms with E-state index in [1.165, 1.54) is 18.2 Å². The Labute approximate surface area is 184 Å². The van der Waals surface area contributed by atoms with Crippen molar-refractivity contribution in [1.29, 1.82) is 0 Å². The van der Waals surface area contributed by atoms with Gasteiger partial charge in [0.25, 0.3) is 0 Å². The summed E-state index contributed by atoms with van der Waals surface area (Å²) in [6, 6.07) is 18.6. The van der Waals surface area contributed by atoms with Gasteiger partial charge in [0.05, 0.1) is 6.33 Å². The van der Waals surface area contributed by atoms with Crippen molar-refractivity contribution in [2.24, 2.45) is 5.73 Å². The molecule has 5 rings (SSSR count). The molecule has 9 heteroatoms. The van der Waals surface area contributed by atoms with E-state index in [-0.39, 0.29) is 6.54 Å². The standard InChI is InChI=1S/C23H24N6O3/c24-10-17-19(30)20(31)23(32-17)29-13-28-18-21(26-12-27-22(18)29)25-11-14-6-8-16(9-7-14)15-4-2-1-3-5-15/h1-9,12-13,17,19-20,23,30-31H,10-11,24H2,(H,25,26,27)/t17-,19-,20-,23-/m1/s1. The number of ether oxygens (including phenoxy) is 1. The number of nitrogens with zero attached hydrogens (tertiary/aromatic N) is 4. The summed E-state index contributed by atoms with van der Waals surface area (Å²) in [6.45, 7) is 0.663. The number of aliphatic hydroxyl groups excluding tert-OH is 2. The predicted octanol–water partition coefficient (Wildman–Crippen LogP) is 1.68. The van der Waals surface area contributed by atoms with Crippen LogP contribution in [0.5, 0.6) is 0 Å². The van der Waals surface area contributed by atoms with Crippen LogP contribution in [0.25, 0.3) is 22.3 Å². The van der Waals surface area contributed by atoms with Gasteiger partial charge in [-0.25, -0.2) is 15.0 Å². The van der Waals surface area contributed by atoms with E-state index in [1.807, 2.05) is 18.2 Å². The molecule has 164 valence electrons. The van der Waals surface area contributed by atoms with Crippen LogP contribution in [0.1, 0.15) is 11.8 Å². The van der Waals surface area contributed by atoms with Gasteiger partial charge in [-0.15, -0.1) is 0 Å². The first-order valence-corrected chi connectivity index (χ1v) is 10.4. The summed E-state index contributed by atoms with van der Waals surface area (Å²) in [5.74, 6) is 0.573. The number of aliphatic hydroxyl groups is 2. The lowest BCUT2D eigenvalue weighted by Gasteiger charge is -2.16. The monoisotopic (exact) mass is 432 g/mol. The number of nitrogens with one attached hydrogen (secondary N) is 1. The van der Waals surface area contributed by atoms with Crippen LogP contribution >= 0.6 is 0 Å². The lowest BCUT2D eigenvalue weighted by molar-refractivity contribution is -0.0322. The molecule has 4 aromatic rings. The molecule has 2 aromatic carbocycles. The Morgan fingerprint density at radius 3 is 2.41 bits per heavy atom. The number of rotatable bonds is 6. The molecule has 1 saturated heterocycles. The number of hydrogen-bond acceptors (Lipinski definition) is 8. The van der Waals surface area contributed by atoms with Crippen molar-refractivity contribution in [3.05, 3.63) is 72.8 Å². The average Bonchev–Trinajstić information content (AvgIpc) is 3.39. The van der Waals surface area contributed by atoms with E-state index < -0.39 is 24.5 Å². The largest absolute Gasteiger partial charge is 0.387 e. The SMILES string of the molecule is NC[C@H]1O[C@@H](n2cnc3c(NCc4ccc(-c5ccccc5)cc4)ncnc32)[C@H](O)[C@@H]1O. The molecular formula is C23H24N6O3. The molecule has 0 radical (unpaired) electrons. The van der Waals surface area contributed by atoms with Crippen molar-refractivity contribution in [2.45, 2.75) is 31.1 Å². The number of nitrogens with two attached hydrogens (primary N) is 1. The van der Waals surface area contributed by atoms with Crippen LogP contribution < -0.4 is 11.1 Å². The average molecular weight is 432 g/mol. The first-order valence-electron chi connectivity index (χ1n) is 10.4. The highest BCUT2D eigenvalue weighted by Crippen LogP contribution is 2.32. The summed E-state index contributed by atoms with van der Waals surface area (Å²) in [6.07, 6.45) is -0.711. The van der Waals surface area contributed by atoms with Crippen molar-refractivity contribution in [1.82, 2.24) is 19.5 Å². The molecule has 0 spiro atoms. The summed E-state index contributed by atoms with van der Waals surface area (Å²) in [5.41, 5.74) is 10.1. The minimum Gasteiger partial charge on any atom is -0.387 e. The van der Waals surface area contributed by atoms with Crippen LogP contribution in [-0.4, -0.2) is 54.6 Å². The molecule has 0 aliphatic carbocycles. The summed E-state index contributed by atoms with van der Waals surface area (Å²) in [5, 5.41) is 23.8. The molecule has 1 aliphatic rings. The van der Waals surface area contributed by atoms with Crippen LogP contribution in [0.4, 0.5) is 5.82 Å². The third-order valence-corrected chi connectivity index (χ3v) is 5.72. The topological polar surface area (TPSA) is 131 Å². The second-order valence-corrected chi connectivity index (χ2v) is 7.74. The van der Waals surface area contributed by atoms with Gasteiger partial charge in [-0.2, -0.15) is 0 Å². The summed E-state index contributed by atoms with van der Waals surface area (Å²) >= 11 is 0. The number of imidazole rings is 1. The van der Waals surface area contributed by atoms with Crippen LogP contribution in [0.3, 0.4) is 0 Å². The Kier molecular flexibility index (Phi) is 5.54. The van der Waals surface area contributed by atoms with E-state index in [0.717, 1.165) is 11.1 Å². The molecule has 1 aliphatic heterocycles. The van der Waals surface area contributed by atoms with E-state index in [4.69, 9.17) is 10.5 Å². The van der Waals surface area contributed by atoms with Gasteiger partial charge < -0.3 is 26.0 Å². The van der Waals surface area contributed by atoms with Crippen molar-refractivity contribution in [2.75, 3.05) is 11.9 Å². The number of fused-ring (bicyclic) bond motifs is 1. The fourth-order valence-electron chi connectivity index (χ4n) is 3.95. The molecule has 0 saturated carbocycles. The summed E-state index contributed by atoms with van der Waals surface area (Å²) in [4.78, 5) is 13.0. The fourth-order valence-corrected chi connectivity index (χ4v) is 3.95. The van der Waals surface area contributed by atoms with Crippen molar-refractivity contribution in [3.8, 4) is 11.1 Å². The van der Waals surface area contributed by atoms with E-state index in [2.05, 4.69) is 56.7 Å². The smallest absolute Gasteiger partial charge is 0.167 e. The van der Waals surface area contributed by atoms with Crippen LogP contribution in [0.15, 0.2) is 67.3 Å². The highest BCUT2D eigenvalue weighted by atomic mass is 16.6. The van der Waals surface area contributed by atoms with Crippen LogP contribution in [-0.2, 0) is 11.3 Å². The third kappa shape index (κ3) is 3.71.